The summed E-state index contributed by atoms with van der Waals surface area (Å²) in [5.41, 5.74) is 2.48. The molecular weight excluding hydrogens is 352 g/mol. The summed E-state index contributed by atoms with van der Waals surface area (Å²) in [6, 6.07) is 11.9. The van der Waals surface area contributed by atoms with Crippen molar-refractivity contribution in [2.75, 3.05) is 6.61 Å². The monoisotopic (exact) mass is 368 g/mol. The fourth-order valence-corrected chi connectivity index (χ4v) is 2.76. The van der Waals surface area contributed by atoms with E-state index in [4.69, 9.17) is 16.3 Å². The van der Waals surface area contributed by atoms with E-state index >= 15 is 0 Å². The first-order chi connectivity index (χ1) is 12.6. The largest absolute Gasteiger partial charge is 0.462 e. The van der Waals surface area contributed by atoms with E-state index in [-0.39, 0.29) is 12.2 Å². The Balaban J connectivity index is 1.96. The molecule has 0 N–H and O–H groups in total. The number of hydrogen-bond acceptors (Lipinski definition) is 4. The lowest BCUT2D eigenvalue weighted by Gasteiger charge is -2.12. The highest BCUT2D eigenvalue weighted by Gasteiger charge is 2.15. The van der Waals surface area contributed by atoms with Gasteiger partial charge in [0.25, 0.3) is 0 Å². The lowest BCUT2D eigenvalue weighted by Crippen LogP contribution is -2.10. The van der Waals surface area contributed by atoms with Crippen LogP contribution < -0.4 is 0 Å². The minimum Gasteiger partial charge on any atom is -0.462 e. The molecule has 0 aliphatic rings. The summed E-state index contributed by atoms with van der Waals surface area (Å²) in [6.45, 7) is 2.05. The molecule has 3 aromatic rings. The summed E-state index contributed by atoms with van der Waals surface area (Å²) in [7, 11) is 0. The zero-order chi connectivity index (χ0) is 18.5. The molecule has 0 bridgehead atoms. The number of imidazole rings is 1. The number of carbonyl (C=O) groups excluding carboxylic acids is 2. The SMILES string of the molecule is CCOC(=O)c1ccc(-n2ccnc2)c(CC(=O)c2ccc(Cl)cc2)c1. The second-order valence-corrected chi connectivity index (χ2v) is 6.08. The standard InChI is InChI=1S/C20H17ClN2O3/c1-2-26-20(25)15-5-8-18(23-10-9-22-13-23)16(11-15)12-19(24)14-3-6-17(21)7-4-14/h3-11,13H,2,12H2,1H3. The number of ether oxygens (including phenoxy) is 1. The Morgan fingerprint density at radius 3 is 2.50 bits per heavy atom. The third kappa shape index (κ3) is 4.00. The molecule has 132 valence electrons. The Hall–Kier alpha value is -2.92. The molecule has 0 aliphatic heterocycles. The van der Waals surface area contributed by atoms with Crippen molar-refractivity contribution in [3.63, 3.8) is 0 Å². The summed E-state index contributed by atoms with van der Waals surface area (Å²) in [6.07, 6.45) is 5.23. The molecule has 6 heteroatoms. The predicted molar refractivity (Wildman–Crippen MR) is 99.0 cm³/mol. The van der Waals surface area contributed by atoms with Crippen molar-refractivity contribution >= 4 is 23.4 Å². The molecule has 0 unspecified atom stereocenters. The van der Waals surface area contributed by atoms with Gasteiger partial charge in [0.15, 0.2) is 5.78 Å². The normalized spacial score (nSPS) is 10.5. The van der Waals surface area contributed by atoms with E-state index in [0.29, 0.717) is 28.3 Å². The van der Waals surface area contributed by atoms with Crippen LogP contribution in [0, 0.1) is 0 Å². The first kappa shape index (κ1) is 17.9. The van der Waals surface area contributed by atoms with Crippen molar-refractivity contribution in [3.05, 3.63) is 82.9 Å². The number of nitrogens with zero attached hydrogens (tertiary/aromatic N) is 2. The van der Waals surface area contributed by atoms with Gasteiger partial charge >= 0.3 is 5.97 Å². The molecule has 3 rings (SSSR count). The minimum atomic E-state index is -0.412. The van der Waals surface area contributed by atoms with Crippen LogP contribution in [0.4, 0.5) is 0 Å². The van der Waals surface area contributed by atoms with Gasteiger partial charge in [-0.2, -0.15) is 0 Å². The third-order valence-corrected chi connectivity index (χ3v) is 4.14. The fourth-order valence-electron chi connectivity index (χ4n) is 2.63. The lowest BCUT2D eigenvalue weighted by atomic mass is 9.99. The number of esters is 1. The van der Waals surface area contributed by atoms with Crippen molar-refractivity contribution in [3.8, 4) is 5.69 Å². The maximum Gasteiger partial charge on any atom is 0.338 e. The van der Waals surface area contributed by atoms with Crippen molar-refractivity contribution in [2.24, 2.45) is 0 Å². The molecule has 0 spiro atoms. The van der Waals surface area contributed by atoms with Crippen LogP contribution in [0.25, 0.3) is 5.69 Å². The Morgan fingerprint density at radius 2 is 1.85 bits per heavy atom. The molecular formula is C20H17ClN2O3. The summed E-state index contributed by atoms with van der Waals surface area (Å²) < 4.78 is 6.86. The van der Waals surface area contributed by atoms with E-state index in [2.05, 4.69) is 4.98 Å². The molecule has 0 aliphatic carbocycles. The second-order valence-electron chi connectivity index (χ2n) is 5.64. The van der Waals surface area contributed by atoms with E-state index in [1.54, 1.807) is 72.7 Å². The highest BCUT2D eigenvalue weighted by Crippen LogP contribution is 2.20. The van der Waals surface area contributed by atoms with Gasteiger partial charge in [0, 0.05) is 29.4 Å². The molecule has 0 fully saturated rings. The van der Waals surface area contributed by atoms with E-state index in [1.165, 1.54) is 0 Å². The smallest absolute Gasteiger partial charge is 0.338 e. The molecule has 0 saturated heterocycles. The minimum absolute atomic E-state index is 0.0657. The summed E-state index contributed by atoms with van der Waals surface area (Å²) in [4.78, 5) is 28.8. The zero-order valence-corrected chi connectivity index (χ0v) is 14.9. The molecule has 0 radical (unpaired) electrons. The maximum absolute atomic E-state index is 12.7. The predicted octanol–water partition coefficient (Wildman–Crippen LogP) is 4.13. The Kier molecular flexibility index (Phi) is 5.49. The fraction of sp³-hybridized carbons (Fsp3) is 0.150. The van der Waals surface area contributed by atoms with Crippen molar-refractivity contribution in [2.45, 2.75) is 13.3 Å². The lowest BCUT2D eigenvalue weighted by molar-refractivity contribution is 0.0526. The van der Waals surface area contributed by atoms with E-state index in [9.17, 15) is 9.59 Å². The summed E-state index contributed by atoms with van der Waals surface area (Å²) in [5.74, 6) is -0.478. The third-order valence-electron chi connectivity index (χ3n) is 3.89. The number of rotatable bonds is 6. The number of halogens is 1. The van der Waals surface area contributed by atoms with Gasteiger partial charge in [-0.1, -0.05) is 11.6 Å². The topological polar surface area (TPSA) is 61.2 Å². The molecule has 0 saturated carbocycles. The highest BCUT2D eigenvalue weighted by atomic mass is 35.5. The van der Waals surface area contributed by atoms with E-state index in [0.717, 1.165) is 5.69 Å². The van der Waals surface area contributed by atoms with Gasteiger partial charge in [-0.25, -0.2) is 9.78 Å². The van der Waals surface area contributed by atoms with Crippen molar-refractivity contribution in [1.29, 1.82) is 0 Å². The van der Waals surface area contributed by atoms with Crippen LogP contribution in [0.15, 0.2) is 61.2 Å². The summed E-state index contributed by atoms with van der Waals surface area (Å²) in [5, 5.41) is 0.574. The molecule has 26 heavy (non-hydrogen) atoms. The van der Waals surface area contributed by atoms with Crippen LogP contribution in [0.1, 0.15) is 33.2 Å². The summed E-state index contributed by atoms with van der Waals surface area (Å²) >= 11 is 5.88. The Morgan fingerprint density at radius 1 is 1.12 bits per heavy atom. The number of Topliss-reactive ketones (excluding diaryl/α,β-unsaturated/α-hetero) is 1. The van der Waals surface area contributed by atoms with Gasteiger partial charge in [-0.3, -0.25) is 4.79 Å². The van der Waals surface area contributed by atoms with Gasteiger partial charge < -0.3 is 9.30 Å². The van der Waals surface area contributed by atoms with Crippen LogP contribution >= 0.6 is 11.6 Å². The zero-order valence-electron chi connectivity index (χ0n) is 14.2. The number of hydrogen-bond donors (Lipinski definition) is 0. The molecule has 0 amide bonds. The van der Waals surface area contributed by atoms with Crippen LogP contribution in [-0.4, -0.2) is 27.9 Å². The van der Waals surface area contributed by atoms with Gasteiger partial charge in [0.1, 0.15) is 0 Å². The van der Waals surface area contributed by atoms with Crippen molar-refractivity contribution < 1.29 is 14.3 Å². The highest BCUT2D eigenvalue weighted by molar-refractivity contribution is 6.30. The van der Waals surface area contributed by atoms with Gasteiger partial charge in [-0.05, 0) is 55.0 Å². The van der Waals surface area contributed by atoms with Crippen LogP contribution in [0.2, 0.25) is 5.02 Å². The van der Waals surface area contributed by atoms with Gasteiger partial charge in [0.05, 0.1) is 24.2 Å². The molecule has 0 atom stereocenters. The molecule has 1 aromatic heterocycles. The Labute approximate surface area is 156 Å². The first-order valence-corrected chi connectivity index (χ1v) is 8.53. The average Bonchev–Trinajstić information content (AvgIpc) is 3.17. The van der Waals surface area contributed by atoms with E-state index in [1.807, 2.05) is 0 Å². The quantitative estimate of drug-likeness (QED) is 0.485. The number of ketones is 1. The molecule has 1 heterocycles. The number of carbonyl (C=O) groups is 2. The number of aromatic nitrogens is 2. The van der Waals surface area contributed by atoms with Gasteiger partial charge in [-0.15, -0.1) is 0 Å². The van der Waals surface area contributed by atoms with Crippen molar-refractivity contribution in [1.82, 2.24) is 9.55 Å². The first-order valence-electron chi connectivity index (χ1n) is 8.15. The second kappa shape index (κ2) is 7.97. The van der Waals surface area contributed by atoms with Crippen LogP contribution in [-0.2, 0) is 11.2 Å². The molecule has 5 nitrogen and oxygen atoms in total. The average molecular weight is 369 g/mol. The van der Waals surface area contributed by atoms with Crippen LogP contribution in [0.3, 0.4) is 0 Å². The molecule has 2 aromatic carbocycles. The van der Waals surface area contributed by atoms with Gasteiger partial charge in [0.2, 0.25) is 0 Å². The Bertz CT molecular complexity index is 919. The maximum atomic E-state index is 12.7. The van der Waals surface area contributed by atoms with E-state index < -0.39 is 5.97 Å². The number of benzene rings is 2. The van der Waals surface area contributed by atoms with Crippen LogP contribution in [0.5, 0.6) is 0 Å².